The van der Waals surface area contributed by atoms with E-state index in [4.69, 9.17) is 11.6 Å². The zero-order valence-electron chi connectivity index (χ0n) is 17.0. The summed E-state index contributed by atoms with van der Waals surface area (Å²) in [4.78, 5) is 41.5. The summed E-state index contributed by atoms with van der Waals surface area (Å²) in [7, 11) is 0. The minimum atomic E-state index is -0.799. The van der Waals surface area contributed by atoms with Crippen LogP contribution in [0.25, 0.3) is 0 Å². The quantitative estimate of drug-likeness (QED) is 0.470. The lowest BCUT2D eigenvalue weighted by atomic mass is 9.70. The Balaban J connectivity index is 1.70. The molecule has 3 heterocycles. The van der Waals surface area contributed by atoms with Crippen LogP contribution < -0.4 is 10.6 Å². The molecular formula is C21H25BrClN3O4S. The van der Waals surface area contributed by atoms with Gasteiger partial charge in [0.05, 0.1) is 33.9 Å². The van der Waals surface area contributed by atoms with Crippen molar-refractivity contribution >= 4 is 62.7 Å². The van der Waals surface area contributed by atoms with Crippen molar-refractivity contribution in [2.24, 2.45) is 11.8 Å². The van der Waals surface area contributed by atoms with Gasteiger partial charge in [0.2, 0.25) is 17.7 Å². The monoisotopic (exact) mass is 529 g/mol. The van der Waals surface area contributed by atoms with Crippen molar-refractivity contribution < 1.29 is 19.5 Å². The number of alkyl halides is 1. The van der Waals surface area contributed by atoms with E-state index in [1.54, 1.807) is 36.0 Å². The van der Waals surface area contributed by atoms with Gasteiger partial charge in [-0.25, -0.2) is 0 Å². The Hall–Kier alpha value is -1.29. The van der Waals surface area contributed by atoms with Crippen LogP contribution in [0, 0.1) is 11.8 Å². The normalized spacial score (nSPS) is 33.5. The first kappa shape index (κ1) is 22.9. The van der Waals surface area contributed by atoms with Gasteiger partial charge in [0.15, 0.2) is 0 Å². The number of β-amino-alcohol motifs (C(OH)–C–C–N with tert-alkyl or cyclic N) is 1. The van der Waals surface area contributed by atoms with Crippen LogP contribution in [0.15, 0.2) is 24.3 Å². The van der Waals surface area contributed by atoms with Crippen molar-refractivity contribution in [3.8, 4) is 0 Å². The number of amides is 3. The fourth-order valence-corrected chi connectivity index (χ4v) is 9.00. The second-order valence-electron chi connectivity index (χ2n) is 8.18. The van der Waals surface area contributed by atoms with Crippen LogP contribution in [0.2, 0.25) is 5.02 Å². The van der Waals surface area contributed by atoms with Gasteiger partial charge in [0.1, 0.15) is 6.04 Å². The van der Waals surface area contributed by atoms with Crippen molar-refractivity contribution in [3.63, 3.8) is 0 Å². The molecule has 3 fully saturated rings. The minimum absolute atomic E-state index is 0.0172. The van der Waals surface area contributed by atoms with Gasteiger partial charge in [-0.15, -0.1) is 11.8 Å². The van der Waals surface area contributed by atoms with Crippen LogP contribution in [0.3, 0.4) is 0 Å². The van der Waals surface area contributed by atoms with Gasteiger partial charge in [0.25, 0.3) is 0 Å². The average molecular weight is 531 g/mol. The smallest absolute Gasteiger partial charge is 0.248 e. The Morgan fingerprint density at radius 2 is 2.10 bits per heavy atom. The van der Waals surface area contributed by atoms with E-state index in [0.717, 1.165) is 6.42 Å². The number of likely N-dealkylation sites (tertiary alicyclic amines) is 1. The Bertz CT molecular complexity index is 905. The largest absolute Gasteiger partial charge is 0.395 e. The Kier molecular flexibility index (Phi) is 6.59. The van der Waals surface area contributed by atoms with Gasteiger partial charge in [-0.3, -0.25) is 14.4 Å². The molecule has 3 N–H and O–H groups in total. The summed E-state index contributed by atoms with van der Waals surface area (Å²) in [6, 6.07) is 6.13. The van der Waals surface area contributed by atoms with Gasteiger partial charge in [0, 0.05) is 23.2 Å². The number of carbonyl (C=O) groups is 3. The molecule has 1 spiro atoms. The molecule has 4 rings (SSSR count). The van der Waals surface area contributed by atoms with Crippen molar-refractivity contribution in [1.29, 1.82) is 0 Å². The van der Waals surface area contributed by atoms with E-state index in [9.17, 15) is 19.5 Å². The number of nitrogens with zero attached hydrogens (tertiary/aromatic N) is 1. The summed E-state index contributed by atoms with van der Waals surface area (Å²) in [5.74, 6) is -1.83. The lowest BCUT2D eigenvalue weighted by molar-refractivity contribution is -0.139. The maximum absolute atomic E-state index is 13.5. The fraction of sp³-hybridized carbons (Fsp3) is 0.571. The molecule has 0 saturated carbocycles. The second kappa shape index (κ2) is 8.92. The summed E-state index contributed by atoms with van der Waals surface area (Å²) in [5.41, 5.74) is 0.468. The zero-order chi connectivity index (χ0) is 22.3. The highest BCUT2D eigenvalue weighted by atomic mass is 79.9. The molecule has 0 aliphatic carbocycles. The summed E-state index contributed by atoms with van der Waals surface area (Å²) in [6.45, 7) is 2.30. The minimum Gasteiger partial charge on any atom is -0.395 e. The first-order valence-corrected chi connectivity index (χ1v) is 12.6. The predicted octanol–water partition coefficient (Wildman–Crippen LogP) is 2.26. The SMILES string of the molecule is CCCNC(=O)[C@H]1[C@@H]2SC3(CC2Br)C(C(=O)Nc2ccccc2Cl)N(CCO)C(=O)[C@H]13. The summed E-state index contributed by atoms with van der Waals surface area (Å²) in [6.07, 6.45) is 1.40. The van der Waals surface area contributed by atoms with Crippen LogP contribution >= 0.6 is 39.3 Å². The average Bonchev–Trinajstić information content (AvgIpc) is 3.32. The number of aliphatic hydroxyl groups excluding tert-OH is 1. The zero-order valence-corrected chi connectivity index (χ0v) is 20.2. The number of para-hydroxylation sites is 1. The number of benzene rings is 1. The van der Waals surface area contributed by atoms with Crippen LogP contribution in [0.4, 0.5) is 5.69 Å². The third-order valence-electron chi connectivity index (χ3n) is 6.36. The van der Waals surface area contributed by atoms with Gasteiger partial charge < -0.3 is 20.6 Å². The standard InChI is InChI=1S/C21H25BrClN3O4S/c1-2-7-24-18(28)14-15-20(30)26(8-9-27)17(21(15)10-11(22)16(14)31-21)19(29)25-13-6-4-3-5-12(13)23/h3-6,11,14-17,27H,2,7-10H2,1H3,(H,24,28)(H,25,29)/t11?,14-,15+,16-,17?,21?/m1/s1. The van der Waals surface area contributed by atoms with Crippen LogP contribution in [0.1, 0.15) is 19.8 Å². The third-order valence-corrected chi connectivity index (χ3v) is 9.91. The topological polar surface area (TPSA) is 98.7 Å². The number of thioether (sulfide) groups is 1. The van der Waals surface area contributed by atoms with Gasteiger partial charge in [-0.1, -0.05) is 46.6 Å². The van der Waals surface area contributed by atoms with Gasteiger partial charge in [-0.2, -0.15) is 0 Å². The molecule has 0 radical (unpaired) electrons. The first-order chi connectivity index (χ1) is 14.9. The maximum Gasteiger partial charge on any atom is 0.248 e. The molecule has 3 aliphatic heterocycles. The highest BCUT2D eigenvalue weighted by Gasteiger charge is 2.75. The van der Waals surface area contributed by atoms with Crippen molar-refractivity contribution in [2.45, 2.75) is 40.6 Å². The Morgan fingerprint density at radius 3 is 2.77 bits per heavy atom. The van der Waals surface area contributed by atoms with E-state index < -0.39 is 22.6 Å². The molecule has 3 saturated heterocycles. The van der Waals surface area contributed by atoms with Gasteiger partial charge >= 0.3 is 0 Å². The number of anilines is 1. The van der Waals surface area contributed by atoms with Crippen molar-refractivity contribution in [1.82, 2.24) is 10.2 Å². The molecule has 168 valence electrons. The lowest BCUT2D eigenvalue weighted by Gasteiger charge is -2.35. The Morgan fingerprint density at radius 1 is 1.35 bits per heavy atom. The molecule has 2 bridgehead atoms. The number of nitrogens with one attached hydrogen (secondary N) is 2. The predicted molar refractivity (Wildman–Crippen MR) is 124 cm³/mol. The van der Waals surface area contributed by atoms with Crippen LogP contribution in [-0.4, -0.2) is 68.3 Å². The van der Waals surface area contributed by atoms with Crippen LogP contribution in [-0.2, 0) is 14.4 Å². The number of rotatable bonds is 7. The van der Waals surface area contributed by atoms with E-state index >= 15 is 0 Å². The molecule has 7 nitrogen and oxygen atoms in total. The summed E-state index contributed by atoms with van der Waals surface area (Å²) < 4.78 is -0.732. The summed E-state index contributed by atoms with van der Waals surface area (Å²) >= 11 is 11.5. The first-order valence-electron chi connectivity index (χ1n) is 10.4. The van der Waals surface area contributed by atoms with E-state index in [0.29, 0.717) is 23.7 Å². The molecule has 1 aromatic rings. The molecule has 6 atom stereocenters. The van der Waals surface area contributed by atoms with E-state index in [1.165, 1.54) is 4.90 Å². The molecular weight excluding hydrogens is 506 g/mol. The number of halogens is 2. The molecule has 1 aromatic carbocycles. The van der Waals surface area contributed by atoms with Gasteiger partial charge in [-0.05, 0) is 25.0 Å². The number of fused-ring (bicyclic) bond motifs is 1. The van der Waals surface area contributed by atoms with Crippen molar-refractivity contribution in [2.75, 3.05) is 25.0 Å². The highest BCUT2D eigenvalue weighted by molar-refractivity contribution is 9.09. The molecule has 31 heavy (non-hydrogen) atoms. The fourth-order valence-electron chi connectivity index (χ4n) is 5.21. The molecule has 3 aliphatic rings. The molecule has 0 aromatic heterocycles. The van der Waals surface area contributed by atoms with Crippen molar-refractivity contribution in [3.05, 3.63) is 29.3 Å². The van der Waals surface area contributed by atoms with E-state index in [2.05, 4.69) is 26.6 Å². The number of hydrogen-bond acceptors (Lipinski definition) is 5. The second-order valence-corrected chi connectivity index (χ2v) is 11.3. The molecule has 10 heteroatoms. The maximum atomic E-state index is 13.5. The number of carbonyl (C=O) groups excluding carboxylic acids is 3. The summed E-state index contributed by atoms with van der Waals surface area (Å²) in [5, 5.41) is 15.7. The van der Waals surface area contributed by atoms with E-state index in [-0.39, 0.29) is 41.0 Å². The third kappa shape index (κ3) is 3.67. The van der Waals surface area contributed by atoms with E-state index in [1.807, 2.05) is 6.92 Å². The number of aliphatic hydroxyl groups is 1. The number of hydrogen-bond donors (Lipinski definition) is 3. The Labute approximate surface area is 198 Å². The lowest BCUT2D eigenvalue weighted by Crippen LogP contribution is -2.53. The highest BCUT2D eigenvalue weighted by Crippen LogP contribution is 2.67. The molecule has 3 unspecified atom stereocenters. The van der Waals surface area contributed by atoms with Crippen LogP contribution in [0.5, 0.6) is 0 Å². The molecule has 3 amide bonds.